The zero-order valence-corrected chi connectivity index (χ0v) is 15.2. The molecule has 1 amide bonds. The van der Waals surface area contributed by atoms with Crippen LogP contribution in [0.2, 0.25) is 10.2 Å². The lowest BCUT2D eigenvalue weighted by Crippen LogP contribution is -2.36. The molecule has 0 aliphatic heterocycles. The number of esters is 1. The number of rotatable bonds is 7. The predicted molar refractivity (Wildman–Crippen MR) is 96.9 cm³/mol. The number of ether oxygens (including phenoxy) is 1. The third-order valence-corrected chi connectivity index (χ3v) is 3.97. The molecule has 0 aliphatic rings. The van der Waals surface area contributed by atoms with Crippen LogP contribution in [-0.2, 0) is 16.0 Å². The number of amides is 1. The summed E-state index contributed by atoms with van der Waals surface area (Å²) in [5.74, 6) is -1.17. The maximum Gasteiger partial charge on any atom is 0.359 e. The molecule has 1 aromatic carbocycles. The Balaban J connectivity index is 1.76. The summed E-state index contributed by atoms with van der Waals surface area (Å²) in [5, 5.41) is 3.02. The van der Waals surface area contributed by atoms with Crippen LogP contribution in [0.3, 0.4) is 0 Å². The lowest BCUT2D eigenvalue weighted by molar-refractivity contribution is -0.124. The van der Waals surface area contributed by atoms with Crippen LogP contribution in [0.4, 0.5) is 0 Å². The largest absolute Gasteiger partial charge is 0.451 e. The third-order valence-electron chi connectivity index (χ3n) is 3.46. The van der Waals surface area contributed by atoms with E-state index in [0.29, 0.717) is 0 Å². The standard InChI is InChI=1S/C18H18Cl2N2O3/c1-12(7-8-13-5-3-2-4-6-13)21-16(23)11-25-18(24)17-14(19)9-10-15(20)22-17/h2-6,9-10,12H,7-8,11H2,1H3,(H,21,23)/t12-/m1/s1. The van der Waals surface area contributed by atoms with Crippen LogP contribution in [0.25, 0.3) is 0 Å². The Kier molecular flexibility index (Phi) is 7.22. The van der Waals surface area contributed by atoms with Crippen LogP contribution in [-0.4, -0.2) is 29.5 Å². The first-order valence-corrected chi connectivity index (χ1v) is 8.53. The summed E-state index contributed by atoms with van der Waals surface area (Å²) in [6, 6.07) is 12.9. The van der Waals surface area contributed by atoms with Crippen LogP contribution >= 0.6 is 23.2 Å². The van der Waals surface area contributed by atoms with E-state index in [2.05, 4.69) is 10.3 Å². The van der Waals surface area contributed by atoms with Crippen LogP contribution in [0.1, 0.15) is 29.4 Å². The molecule has 0 fully saturated rings. The Bertz CT molecular complexity index is 738. The van der Waals surface area contributed by atoms with E-state index in [-0.39, 0.29) is 27.8 Å². The summed E-state index contributed by atoms with van der Waals surface area (Å²) < 4.78 is 4.93. The predicted octanol–water partition coefficient (Wildman–Crippen LogP) is 3.68. The van der Waals surface area contributed by atoms with Gasteiger partial charge >= 0.3 is 5.97 Å². The van der Waals surface area contributed by atoms with Gasteiger partial charge in [0.05, 0.1) is 5.02 Å². The quantitative estimate of drug-likeness (QED) is 0.587. The molecule has 0 spiro atoms. The fourth-order valence-corrected chi connectivity index (χ4v) is 2.51. The molecule has 2 aromatic rings. The van der Waals surface area contributed by atoms with Gasteiger partial charge in [-0.2, -0.15) is 0 Å². The van der Waals surface area contributed by atoms with Gasteiger partial charge in [-0.3, -0.25) is 4.79 Å². The van der Waals surface area contributed by atoms with Gasteiger partial charge in [-0.25, -0.2) is 9.78 Å². The van der Waals surface area contributed by atoms with Crippen molar-refractivity contribution < 1.29 is 14.3 Å². The van der Waals surface area contributed by atoms with E-state index in [1.807, 2.05) is 37.3 Å². The zero-order chi connectivity index (χ0) is 18.2. The van der Waals surface area contributed by atoms with Crippen molar-refractivity contribution in [1.82, 2.24) is 10.3 Å². The number of pyridine rings is 1. The monoisotopic (exact) mass is 380 g/mol. The van der Waals surface area contributed by atoms with Gasteiger partial charge in [-0.15, -0.1) is 0 Å². The molecule has 5 nitrogen and oxygen atoms in total. The smallest absolute Gasteiger partial charge is 0.359 e. The number of carbonyl (C=O) groups excluding carboxylic acids is 2. The molecule has 2 rings (SSSR count). The second-order valence-electron chi connectivity index (χ2n) is 5.53. The minimum Gasteiger partial charge on any atom is -0.451 e. The molecule has 1 heterocycles. The number of nitrogens with one attached hydrogen (secondary N) is 1. The average molecular weight is 381 g/mol. The minimum atomic E-state index is -0.792. The summed E-state index contributed by atoms with van der Waals surface area (Å²) in [7, 11) is 0. The number of carbonyl (C=O) groups is 2. The molecule has 0 aliphatic carbocycles. The summed E-state index contributed by atoms with van der Waals surface area (Å²) >= 11 is 11.6. The fourth-order valence-electron chi connectivity index (χ4n) is 2.18. The molecule has 0 unspecified atom stereocenters. The lowest BCUT2D eigenvalue weighted by atomic mass is 10.1. The van der Waals surface area contributed by atoms with Crippen LogP contribution in [0.15, 0.2) is 42.5 Å². The highest BCUT2D eigenvalue weighted by molar-refractivity contribution is 6.34. The van der Waals surface area contributed by atoms with Gasteiger partial charge in [0.25, 0.3) is 5.91 Å². The first kappa shape index (κ1) is 19.2. The van der Waals surface area contributed by atoms with E-state index in [1.54, 1.807) is 0 Å². The van der Waals surface area contributed by atoms with Crippen LogP contribution in [0.5, 0.6) is 0 Å². The number of hydrogen-bond donors (Lipinski definition) is 1. The van der Waals surface area contributed by atoms with E-state index in [4.69, 9.17) is 27.9 Å². The molecule has 25 heavy (non-hydrogen) atoms. The molecular formula is C18H18Cl2N2O3. The summed E-state index contributed by atoms with van der Waals surface area (Å²) in [6.45, 7) is 1.50. The number of aromatic nitrogens is 1. The van der Waals surface area contributed by atoms with E-state index < -0.39 is 12.6 Å². The van der Waals surface area contributed by atoms with Crippen molar-refractivity contribution >= 4 is 35.1 Å². The molecule has 132 valence electrons. The fraction of sp³-hybridized carbons (Fsp3) is 0.278. The summed E-state index contributed by atoms with van der Waals surface area (Å²) in [4.78, 5) is 27.6. The number of halogens is 2. The SMILES string of the molecule is C[C@H](CCc1ccccc1)NC(=O)COC(=O)c1nc(Cl)ccc1Cl. The van der Waals surface area contributed by atoms with Gasteiger partial charge in [-0.1, -0.05) is 53.5 Å². The van der Waals surface area contributed by atoms with Crippen molar-refractivity contribution in [2.75, 3.05) is 6.61 Å². The van der Waals surface area contributed by atoms with Crippen molar-refractivity contribution in [1.29, 1.82) is 0 Å². The van der Waals surface area contributed by atoms with Crippen molar-refractivity contribution in [3.63, 3.8) is 0 Å². The number of aryl methyl sites for hydroxylation is 1. The molecule has 0 bridgehead atoms. The zero-order valence-electron chi connectivity index (χ0n) is 13.7. The second-order valence-corrected chi connectivity index (χ2v) is 6.33. The minimum absolute atomic E-state index is 0.0423. The maximum atomic E-state index is 11.9. The molecule has 0 saturated heterocycles. The van der Waals surface area contributed by atoms with Crippen LogP contribution in [0, 0.1) is 0 Å². The van der Waals surface area contributed by atoms with Gasteiger partial charge in [0.15, 0.2) is 12.3 Å². The van der Waals surface area contributed by atoms with Crippen molar-refractivity contribution in [2.45, 2.75) is 25.8 Å². The highest BCUT2D eigenvalue weighted by atomic mass is 35.5. The van der Waals surface area contributed by atoms with Crippen molar-refractivity contribution in [3.8, 4) is 0 Å². The second kappa shape index (κ2) is 9.39. The maximum absolute atomic E-state index is 11.9. The van der Waals surface area contributed by atoms with E-state index in [0.717, 1.165) is 12.8 Å². The molecule has 1 aromatic heterocycles. The number of benzene rings is 1. The van der Waals surface area contributed by atoms with Gasteiger partial charge in [0, 0.05) is 6.04 Å². The van der Waals surface area contributed by atoms with E-state index >= 15 is 0 Å². The molecule has 0 saturated carbocycles. The topological polar surface area (TPSA) is 68.3 Å². The number of nitrogens with zero attached hydrogens (tertiary/aromatic N) is 1. The lowest BCUT2D eigenvalue weighted by Gasteiger charge is -2.14. The third kappa shape index (κ3) is 6.36. The molecular weight excluding hydrogens is 363 g/mol. The van der Waals surface area contributed by atoms with Crippen LogP contribution < -0.4 is 5.32 Å². The highest BCUT2D eigenvalue weighted by Gasteiger charge is 2.16. The Morgan fingerprint density at radius 2 is 1.88 bits per heavy atom. The Morgan fingerprint density at radius 1 is 1.16 bits per heavy atom. The van der Waals surface area contributed by atoms with Gasteiger partial charge in [0.2, 0.25) is 0 Å². The Morgan fingerprint density at radius 3 is 2.60 bits per heavy atom. The van der Waals surface area contributed by atoms with E-state index in [1.165, 1.54) is 17.7 Å². The number of hydrogen-bond acceptors (Lipinski definition) is 4. The first-order chi connectivity index (χ1) is 12.0. The van der Waals surface area contributed by atoms with Crippen molar-refractivity contribution in [3.05, 3.63) is 63.9 Å². The molecule has 0 radical (unpaired) electrons. The molecule has 1 N–H and O–H groups in total. The van der Waals surface area contributed by atoms with Gasteiger partial charge < -0.3 is 10.1 Å². The van der Waals surface area contributed by atoms with Gasteiger partial charge in [-0.05, 0) is 37.5 Å². The van der Waals surface area contributed by atoms with Gasteiger partial charge in [0.1, 0.15) is 5.15 Å². The van der Waals surface area contributed by atoms with E-state index in [9.17, 15) is 9.59 Å². The normalized spacial score (nSPS) is 11.6. The average Bonchev–Trinajstić information content (AvgIpc) is 2.61. The molecule has 1 atom stereocenters. The highest BCUT2D eigenvalue weighted by Crippen LogP contribution is 2.17. The summed E-state index contributed by atoms with van der Waals surface area (Å²) in [6.07, 6.45) is 1.63. The Hall–Kier alpha value is -2.11. The molecule has 7 heteroatoms. The van der Waals surface area contributed by atoms with Crippen molar-refractivity contribution in [2.24, 2.45) is 0 Å². The Labute approximate surface area is 156 Å². The first-order valence-electron chi connectivity index (χ1n) is 7.78. The summed E-state index contributed by atoms with van der Waals surface area (Å²) in [5.41, 5.74) is 1.09.